The highest BCUT2D eigenvalue weighted by molar-refractivity contribution is 5.54. The molecule has 1 N–H and O–H groups in total. The highest BCUT2D eigenvalue weighted by Crippen LogP contribution is 2.22. The van der Waals surface area contributed by atoms with E-state index in [1.807, 2.05) is 0 Å². The number of morpholine rings is 1. The van der Waals surface area contributed by atoms with Gasteiger partial charge in [0, 0.05) is 25.3 Å². The normalized spacial score (nSPS) is 16.0. The molecule has 1 aromatic carbocycles. The van der Waals surface area contributed by atoms with Crippen LogP contribution in [0.3, 0.4) is 0 Å². The summed E-state index contributed by atoms with van der Waals surface area (Å²) in [5.41, 5.74) is 4.10. The van der Waals surface area contributed by atoms with Crippen LogP contribution in [0.5, 0.6) is 0 Å². The Bertz CT molecular complexity index is 373. The molecule has 0 aromatic heterocycles. The third-order valence-corrected chi connectivity index (χ3v) is 3.37. The molecule has 3 heteroatoms. The van der Waals surface area contributed by atoms with Crippen LogP contribution in [0.1, 0.15) is 24.5 Å². The number of nitrogens with zero attached hydrogens (tertiary/aromatic N) is 1. The molecule has 18 heavy (non-hydrogen) atoms. The molecule has 0 unspecified atom stereocenters. The lowest BCUT2D eigenvalue weighted by atomic mass is 10.1. The van der Waals surface area contributed by atoms with Crippen molar-refractivity contribution in [3.63, 3.8) is 0 Å². The number of hydrogen-bond acceptors (Lipinski definition) is 3. The number of ether oxygens (including phenoxy) is 1. The van der Waals surface area contributed by atoms with Gasteiger partial charge in [-0.3, -0.25) is 0 Å². The van der Waals surface area contributed by atoms with E-state index >= 15 is 0 Å². The van der Waals surface area contributed by atoms with Crippen LogP contribution in [0.25, 0.3) is 0 Å². The first-order valence-corrected chi connectivity index (χ1v) is 6.94. The van der Waals surface area contributed by atoms with Crippen molar-refractivity contribution in [3.8, 4) is 0 Å². The molecule has 2 rings (SSSR count). The maximum absolute atomic E-state index is 5.40. The van der Waals surface area contributed by atoms with Crippen molar-refractivity contribution in [1.29, 1.82) is 0 Å². The van der Waals surface area contributed by atoms with Crippen molar-refractivity contribution < 1.29 is 4.74 Å². The maximum Gasteiger partial charge on any atom is 0.0642 e. The molecule has 1 heterocycles. The lowest BCUT2D eigenvalue weighted by molar-refractivity contribution is 0.122. The second-order valence-corrected chi connectivity index (χ2v) is 4.90. The number of anilines is 1. The molecule has 3 nitrogen and oxygen atoms in total. The second-order valence-electron chi connectivity index (χ2n) is 4.90. The zero-order chi connectivity index (χ0) is 12.8. The van der Waals surface area contributed by atoms with E-state index in [9.17, 15) is 0 Å². The molecule has 1 aliphatic rings. The minimum Gasteiger partial charge on any atom is -0.378 e. The summed E-state index contributed by atoms with van der Waals surface area (Å²) in [4.78, 5) is 2.42. The molecule has 0 spiro atoms. The van der Waals surface area contributed by atoms with Gasteiger partial charge in [0.2, 0.25) is 0 Å². The smallest absolute Gasteiger partial charge is 0.0642 e. The zero-order valence-electron chi connectivity index (χ0n) is 11.5. The minimum atomic E-state index is 0.846. The first kappa shape index (κ1) is 13.4. The highest BCUT2D eigenvalue weighted by atomic mass is 16.5. The zero-order valence-corrected chi connectivity index (χ0v) is 11.5. The predicted octanol–water partition coefficient (Wildman–Crippen LogP) is 2.33. The summed E-state index contributed by atoms with van der Waals surface area (Å²) >= 11 is 0. The van der Waals surface area contributed by atoms with Gasteiger partial charge in [-0.25, -0.2) is 0 Å². The lowest BCUT2D eigenvalue weighted by Gasteiger charge is -2.30. The summed E-state index contributed by atoms with van der Waals surface area (Å²) in [6.45, 7) is 10.2. The SMILES string of the molecule is CCCNCc1ccc(N2CCOCC2)c(C)c1. The van der Waals surface area contributed by atoms with Gasteiger partial charge in [-0.2, -0.15) is 0 Å². The van der Waals surface area contributed by atoms with E-state index in [-0.39, 0.29) is 0 Å². The van der Waals surface area contributed by atoms with Gasteiger partial charge in [-0.05, 0) is 37.1 Å². The van der Waals surface area contributed by atoms with Gasteiger partial charge in [0.1, 0.15) is 0 Å². The summed E-state index contributed by atoms with van der Waals surface area (Å²) in [5, 5.41) is 3.44. The molecule has 0 aliphatic carbocycles. The van der Waals surface area contributed by atoms with Gasteiger partial charge in [-0.1, -0.05) is 19.1 Å². The standard InChI is InChI=1S/C15H24N2O/c1-3-6-16-12-14-4-5-15(13(2)11-14)17-7-9-18-10-8-17/h4-5,11,16H,3,6-10,12H2,1-2H3. The van der Waals surface area contributed by atoms with Crippen molar-refractivity contribution in [2.24, 2.45) is 0 Å². The fraction of sp³-hybridized carbons (Fsp3) is 0.600. The van der Waals surface area contributed by atoms with Crippen molar-refractivity contribution in [2.75, 3.05) is 37.7 Å². The number of benzene rings is 1. The van der Waals surface area contributed by atoms with Gasteiger partial charge in [0.05, 0.1) is 13.2 Å². The molecular formula is C15H24N2O. The highest BCUT2D eigenvalue weighted by Gasteiger charge is 2.13. The molecule has 100 valence electrons. The molecule has 0 saturated carbocycles. The average Bonchev–Trinajstić information content (AvgIpc) is 2.40. The van der Waals surface area contributed by atoms with Crippen molar-refractivity contribution >= 4 is 5.69 Å². The Morgan fingerprint density at radius 2 is 2.06 bits per heavy atom. The number of rotatable bonds is 5. The topological polar surface area (TPSA) is 24.5 Å². The Morgan fingerprint density at radius 1 is 1.28 bits per heavy atom. The van der Waals surface area contributed by atoms with E-state index < -0.39 is 0 Å². The average molecular weight is 248 g/mol. The first-order valence-electron chi connectivity index (χ1n) is 6.94. The molecule has 0 atom stereocenters. The van der Waals surface area contributed by atoms with Gasteiger partial charge in [0.25, 0.3) is 0 Å². The number of hydrogen-bond donors (Lipinski definition) is 1. The summed E-state index contributed by atoms with van der Waals surface area (Å²) < 4.78 is 5.40. The van der Waals surface area contributed by atoms with Crippen molar-refractivity contribution in [1.82, 2.24) is 5.32 Å². The number of aryl methyl sites for hydroxylation is 1. The Hall–Kier alpha value is -1.06. The molecule has 1 saturated heterocycles. The third-order valence-electron chi connectivity index (χ3n) is 3.37. The molecule has 1 aliphatic heterocycles. The summed E-state index contributed by atoms with van der Waals surface area (Å²) in [7, 11) is 0. The van der Waals surface area contributed by atoms with E-state index in [1.165, 1.54) is 23.2 Å². The Morgan fingerprint density at radius 3 is 2.72 bits per heavy atom. The van der Waals surface area contributed by atoms with Crippen LogP contribution in [0.15, 0.2) is 18.2 Å². The van der Waals surface area contributed by atoms with E-state index in [4.69, 9.17) is 4.74 Å². The van der Waals surface area contributed by atoms with Crippen LogP contribution < -0.4 is 10.2 Å². The summed E-state index contributed by atoms with van der Waals surface area (Å²) in [5.74, 6) is 0. The Kier molecular flexibility index (Phi) is 5.02. The largest absolute Gasteiger partial charge is 0.378 e. The van der Waals surface area contributed by atoms with E-state index in [1.54, 1.807) is 0 Å². The maximum atomic E-state index is 5.40. The van der Waals surface area contributed by atoms with Gasteiger partial charge >= 0.3 is 0 Å². The quantitative estimate of drug-likeness (QED) is 0.809. The molecule has 1 aromatic rings. The Balaban J connectivity index is 2.00. The van der Waals surface area contributed by atoms with Crippen LogP contribution >= 0.6 is 0 Å². The van der Waals surface area contributed by atoms with Gasteiger partial charge in [-0.15, -0.1) is 0 Å². The number of nitrogens with one attached hydrogen (secondary N) is 1. The van der Waals surface area contributed by atoms with Crippen molar-refractivity contribution in [3.05, 3.63) is 29.3 Å². The molecule has 1 fully saturated rings. The summed E-state index contributed by atoms with van der Waals surface area (Å²) in [6, 6.07) is 6.79. The van der Waals surface area contributed by atoms with E-state index in [2.05, 4.69) is 42.3 Å². The van der Waals surface area contributed by atoms with Crippen LogP contribution in [0.4, 0.5) is 5.69 Å². The molecule has 0 radical (unpaired) electrons. The fourth-order valence-corrected chi connectivity index (χ4v) is 2.40. The second kappa shape index (κ2) is 6.76. The minimum absolute atomic E-state index is 0.846. The van der Waals surface area contributed by atoms with Crippen LogP contribution in [-0.4, -0.2) is 32.8 Å². The van der Waals surface area contributed by atoms with Crippen LogP contribution in [0.2, 0.25) is 0 Å². The first-order chi connectivity index (χ1) is 8.81. The fourth-order valence-electron chi connectivity index (χ4n) is 2.40. The lowest BCUT2D eigenvalue weighted by Crippen LogP contribution is -2.36. The monoisotopic (exact) mass is 248 g/mol. The van der Waals surface area contributed by atoms with Crippen LogP contribution in [0, 0.1) is 6.92 Å². The molecular weight excluding hydrogens is 224 g/mol. The van der Waals surface area contributed by atoms with Crippen molar-refractivity contribution in [2.45, 2.75) is 26.8 Å². The van der Waals surface area contributed by atoms with Crippen LogP contribution in [-0.2, 0) is 11.3 Å². The summed E-state index contributed by atoms with van der Waals surface area (Å²) in [6.07, 6.45) is 1.19. The van der Waals surface area contributed by atoms with Gasteiger partial charge in [0.15, 0.2) is 0 Å². The predicted molar refractivity (Wildman–Crippen MR) is 76.2 cm³/mol. The molecule has 0 amide bonds. The van der Waals surface area contributed by atoms with E-state index in [0.717, 1.165) is 39.4 Å². The Labute approximate surface area is 110 Å². The van der Waals surface area contributed by atoms with Gasteiger partial charge < -0.3 is 15.0 Å². The molecule has 0 bridgehead atoms. The third kappa shape index (κ3) is 3.47. The van der Waals surface area contributed by atoms with E-state index in [0.29, 0.717) is 0 Å².